The molecule has 0 unspecified atom stereocenters. The first-order valence-electron chi connectivity index (χ1n) is 7.88. The second-order valence-electron chi connectivity index (χ2n) is 5.51. The summed E-state index contributed by atoms with van der Waals surface area (Å²) in [6.45, 7) is 1.80. The van der Waals surface area contributed by atoms with Crippen LogP contribution >= 0.6 is 11.6 Å². The third-order valence-corrected chi connectivity index (χ3v) is 3.86. The quantitative estimate of drug-likeness (QED) is 0.696. The Labute approximate surface area is 156 Å². The van der Waals surface area contributed by atoms with E-state index in [1.165, 1.54) is 0 Å². The predicted molar refractivity (Wildman–Crippen MR) is 102 cm³/mol. The van der Waals surface area contributed by atoms with Crippen LogP contribution in [-0.4, -0.2) is 23.0 Å². The minimum atomic E-state index is -0.364. The highest BCUT2D eigenvalue weighted by Crippen LogP contribution is 2.22. The highest BCUT2D eigenvalue weighted by molar-refractivity contribution is 6.33. The Bertz CT molecular complexity index is 946. The lowest BCUT2D eigenvalue weighted by Gasteiger charge is -2.10. The maximum absolute atomic E-state index is 12.5. The number of para-hydroxylation sites is 1. The standard InChI is InChI=1S/C19H17ClN4O2/c1-12-10-17(18(25)23-16-9-4-3-8-15(16)20)24-19(21-12)22-13-6-5-7-14(11-13)26-2/h3-11H,1-2H3,(H,23,25)(H,21,22,24). The second kappa shape index (κ2) is 7.84. The number of nitrogens with one attached hydrogen (secondary N) is 2. The van der Waals surface area contributed by atoms with E-state index < -0.39 is 0 Å². The number of carbonyl (C=O) groups is 1. The molecule has 1 amide bonds. The van der Waals surface area contributed by atoms with Crippen LogP contribution in [0.2, 0.25) is 5.02 Å². The zero-order chi connectivity index (χ0) is 18.5. The molecule has 26 heavy (non-hydrogen) atoms. The molecule has 0 atom stereocenters. The van der Waals surface area contributed by atoms with E-state index in [1.54, 1.807) is 44.4 Å². The second-order valence-corrected chi connectivity index (χ2v) is 5.92. The van der Waals surface area contributed by atoms with E-state index in [4.69, 9.17) is 16.3 Å². The van der Waals surface area contributed by atoms with Crippen LogP contribution in [-0.2, 0) is 0 Å². The Kier molecular flexibility index (Phi) is 5.34. The van der Waals surface area contributed by atoms with Gasteiger partial charge in [0, 0.05) is 17.4 Å². The maximum Gasteiger partial charge on any atom is 0.274 e. The lowest BCUT2D eigenvalue weighted by molar-refractivity contribution is 0.102. The highest BCUT2D eigenvalue weighted by Gasteiger charge is 2.12. The first kappa shape index (κ1) is 17.7. The molecule has 1 heterocycles. The third kappa shape index (κ3) is 4.29. The molecule has 0 aliphatic rings. The summed E-state index contributed by atoms with van der Waals surface area (Å²) in [6, 6.07) is 16.0. The van der Waals surface area contributed by atoms with E-state index >= 15 is 0 Å². The predicted octanol–water partition coefficient (Wildman–Crippen LogP) is 4.44. The van der Waals surface area contributed by atoms with Gasteiger partial charge in [-0.1, -0.05) is 29.8 Å². The van der Waals surface area contributed by atoms with Crippen molar-refractivity contribution in [3.05, 3.63) is 71.0 Å². The lowest BCUT2D eigenvalue weighted by atomic mass is 10.2. The number of aryl methyl sites for hydroxylation is 1. The van der Waals surface area contributed by atoms with Crippen molar-refractivity contribution in [3.63, 3.8) is 0 Å². The number of benzene rings is 2. The molecule has 7 heteroatoms. The molecule has 0 aliphatic heterocycles. The number of amides is 1. The van der Waals surface area contributed by atoms with Gasteiger partial charge in [-0.25, -0.2) is 9.97 Å². The van der Waals surface area contributed by atoms with E-state index in [0.29, 0.717) is 28.1 Å². The molecule has 2 aromatic carbocycles. The van der Waals surface area contributed by atoms with Gasteiger partial charge >= 0.3 is 0 Å². The Morgan fingerprint density at radius 1 is 1.08 bits per heavy atom. The summed E-state index contributed by atoms with van der Waals surface area (Å²) in [5.41, 5.74) is 2.18. The van der Waals surface area contributed by atoms with Crippen molar-refractivity contribution in [2.45, 2.75) is 6.92 Å². The molecular weight excluding hydrogens is 352 g/mol. The van der Waals surface area contributed by atoms with Crippen LogP contribution in [0, 0.1) is 6.92 Å². The molecule has 0 saturated heterocycles. The molecular formula is C19H17ClN4O2. The van der Waals surface area contributed by atoms with Gasteiger partial charge in [0.25, 0.3) is 5.91 Å². The summed E-state index contributed by atoms with van der Waals surface area (Å²) in [5, 5.41) is 6.30. The molecule has 2 N–H and O–H groups in total. The van der Waals surface area contributed by atoms with Gasteiger partial charge in [-0.3, -0.25) is 4.79 Å². The minimum absolute atomic E-state index is 0.239. The largest absolute Gasteiger partial charge is 0.497 e. The van der Waals surface area contributed by atoms with Crippen LogP contribution in [0.4, 0.5) is 17.3 Å². The van der Waals surface area contributed by atoms with Crippen molar-refractivity contribution >= 4 is 34.8 Å². The summed E-state index contributed by atoms with van der Waals surface area (Å²) >= 11 is 6.08. The van der Waals surface area contributed by atoms with E-state index in [2.05, 4.69) is 20.6 Å². The van der Waals surface area contributed by atoms with Gasteiger partial charge in [0.15, 0.2) is 0 Å². The molecule has 0 aliphatic carbocycles. The molecule has 0 bridgehead atoms. The van der Waals surface area contributed by atoms with Crippen LogP contribution in [0.1, 0.15) is 16.2 Å². The van der Waals surface area contributed by atoms with Gasteiger partial charge in [0.2, 0.25) is 5.95 Å². The first-order valence-corrected chi connectivity index (χ1v) is 8.25. The lowest BCUT2D eigenvalue weighted by Crippen LogP contribution is -2.15. The molecule has 0 radical (unpaired) electrons. The first-order chi connectivity index (χ1) is 12.5. The number of halogens is 1. The Balaban J connectivity index is 1.83. The number of hydrogen-bond donors (Lipinski definition) is 2. The van der Waals surface area contributed by atoms with E-state index in [-0.39, 0.29) is 11.6 Å². The topological polar surface area (TPSA) is 76.1 Å². The summed E-state index contributed by atoms with van der Waals surface area (Å²) in [7, 11) is 1.60. The smallest absolute Gasteiger partial charge is 0.274 e. The molecule has 6 nitrogen and oxygen atoms in total. The molecule has 0 spiro atoms. The minimum Gasteiger partial charge on any atom is -0.497 e. The molecule has 3 rings (SSSR count). The molecule has 132 valence electrons. The van der Waals surface area contributed by atoms with Crippen molar-refractivity contribution in [1.82, 2.24) is 9.97 Å². The highest BCUT2D eigenvalue weighted by atomic mass is 35.5. The van der Waals surface area contributed by atoms with Gasteiger partial charge < -0.3 is 15.4 Å². The number of carbonyl (C=O) groups excluding carboxylic acids is 1. The Morgan fingerprint density at radius 3 is 2.65 bits per heavy atom. The number of hydrogen-bond acceptors (Lipinski definition) is 5. The zero-order valence-corrected chi connectivity index (χ0v) is 15.0. The number of nitrogens with zero attached hydrogens (tertiary/aromatic N) is 2. The zero-order valence-electron chi connectivity index (χ0n) is 14.3. The number of rotatable bonds is 5. The van der Waals surface area contributed by atoms with Crippen molar-refractivity contribution in [2.24, 2.45) is 0 Å². The number of ether oxygens (including phenoxy) is 1. The van der Waals surface area contributed by atoms with Gasteiger partial charge in [-0.15, -0.1) is 0 Å². The van der Waals surface area contributed by atoms with Crippen molar-refractivity contribution < 1.29 is 9.53 Å². The van der Waals surface area contributed by atoms with E-state index in [0.717, 1.165) is 5.69 Å². The van der Waals surface area contributed by atoms with Crippen LogP contribution in [0.25, 0.3) is 0 Å². The van der Waals surface area contributed by atoms with Gasteiger partial charge in [-0.05, 0) is 37.3 Å². The number of methoxy groups -OCH3 is 1. The van der Waals surface area contributed by atoms with Crippen molar-refractivity contribution in [2.75, 3.05) is 17.7 Å². The average molecular weight is 369 g/mol. The van der Waals surface area contributed by atoms with Gasteiger partial charge in [-0.2, -0.15) is 0 Å². The summed E-state index contributed by atoms with van der Waals surface area (Å²) in [4.78, 5) is 21.1. The molecule has 3 aromatic rings. The summed E-state index contributed by atoms with van der Waals surface area (Å²) in [6.07, 6.45) is 0. The summed E-state index contributed by atoms with van der Waals surface area (Å²) in [5.74, 6) is 0.666. The van der Waals surface area contributed by atoms with Crippen molar-refractivity contribution in [3.8, 4) is 5.75 Å². The summed E-state index contributed by atoms with van der Waals surface area (Å²) < 4.78 is 5.20. The van der Waals surface area contributed by atoms with Gasteiger partial charge in [0.05, 0.1) is 17.8 Å². The van der Waals surface area contributed by atoms with Crippen LogP contribution in [0.15, 0.2) is 54.6 Å². The average Bonchev–Trinajstić information content (AvgIpc) is 2.63. The van der Waals surface area contributed by atoms with Crippen LogP contribution in [0.5, 0.6) is 5.75 Å². The normalized spacial score (nSPS) is 10.3. The molecule has 0 fully saturated rings. The fraction of sp³-hybridized carbons (Fsp3) is 0.105. The number of anilines is 3. The Morgan fingerprint density at radius 2 is 1.88 bits per heavy atom. The van der Waals surface area contributed by atoms with Crippen LogP contribution < -0.4 is 15.4 Å². The van der Waals surface area contributed by atoms with E-state index in [9.17, 15) is 4.79 Å². The van der Waals surface area contributed by atoms with E-state index in [1.807, 2.05) is 24.3 Å². The third-order valence-electron chi connectivity index (χ3n) is 3.53. The fourth-order valence-electron chi connectivity index (χ4n) is 2.32. The number of aromatic nitrogens is 2. The van der Waals surface area contributed by atoms with Gasteiger partial charge in [0.1, 0.15) is 11.4 Å². The SMILES string of the molecule is COc1cccc(Nc2nc(C)cc(C(=O)Nc3ccccc3Cl)n2)c1. The van der Waals surface area contributed by atoms with Crippen LogP contribution in [0.3, 0.4) is 0 Å². The van der Waals surface area contributed by atoms with Crippen molar-refractivity contribution in [1.29, 1.82) is 0 Å². The molecule has 0 saturated carbocycles. The fourth-order valence-corrected chi connectivity index (χ4v) is 2.50. The monoisotopic (exact) mass is 368 g/mol. The maximum atomic E-state index is 12.5. The molecule has 1 aromatic heterocycles. The Hall–Kier alpha value is -3.12.